The molecule has 1 aromatic heterocycles. The topological polar surface area (TPSA) is 36.4 Å². The SMILES string of the molecule is CN(C)CC1CCN(C(=O)c2ccc(Cl)nc2Cl)CC1. The highest BCUT2D eigenvalue weighted by Crippen LogP contribution is 2.23. The largest absolute Gasteiger partial charge is 0.339 e. The number of nitrogens with zero attached hydrogens (tertiary/aromatic N) is 3. The first kappa shape index (κ1) is 15.5. The summed E-state index contributed by atoms with van der Waals surface area (Å²) >= 11 is 11.7. The van der Waals surface area contributed by atoms with Crippen molar-refractivity contribution in [3.05, 3.63) is 28.0 Å². The molecule has 1 aliphatic heterocycles. The number of carbonyl (C=O) groups excluding carboxylic acids is 1. The number of amides is 1. The molecular weight excluding hydrogens is 297 g/mol. The molecule has 2 heterocycles. The number of carbonyl (C=O) groups is 1. The molecule has 0 aliphatic carbocycles. The van der Waals surface area contributed by atoms with Crippen molar-refractivity contribution in [2.75, 3.05) is 33.7 Å². The van der Waals surface area contributed by atoms with E-state index in [4.69, 9.17) is 23.2 Å². The second-order valence-electron chi connectivity index (χ2n) is 5.47. The van der Waals surface area contributed by atoms with Crippen LogP contribution in [0.3, 0.4) is 0 Å². The third kappa shape index (κ3) is 3.84. The van der Waals surface area contributed by atoms with Gasteiger partial charge in [-0.3, -0.25) is 4.79 Å². The number of likely N-dealkylation sites (tertiary alicyclic amines) is 1. The number of hydrogen-bond acceptors (Lipinski definition) is 3. The molecule has 110 valence electrons. The van der Waals surface area contributed by atoms with Crippen LogP contribution in [0.15, 0.2) is 12.1 Å². The summed E-state index contributed by atoms with van der Waals surface area (Å²) in [5.74, 6) is 0.607. The van der Waals surface area contributed by atoms with Crippen molar-refractivity contribution in [3.63, 3.8) is 0 Å². The number of rotatable bonds is 3. The Labute approximate surface area is 129 Å². The Bertz CT molecular complexity index is 485. The standard InChI is InChI=1S/C14H19Cl2N3O/c1-18(2)9-10-5-7-19(8-6-10)14(20)11-3-4-12(15)17-13(11)16/h3-4,10H,5-9H2,1-2H3. The zero-order valence-corrected chi connectivity index (χ0v) is 13.3. The monoisotopic (exact) mass is 315 g/mol. The average molecular weight is 316 g/mol. The van der Waals surface area contributed by atoms with Gasteiger partial charge < -0.3 is 9.80 Å². The van der Waals surface area contributed by atoms with E-state index in [1.807, 2.05) is 4.90 Å². The molecule has 20 heavy (non-hydrogen) atoms. The maximum atomic E-state index is 12.4. The molecule has 0 spiro atoms. The summed E-state index contributed by atoms with van der Waals surface area (Å²) in [7, 11) is 4.16. The molecule has 1 fully saturated rings. The van der Waals surface area contributed by atoms with Gasteiger partial charge in [-0.2, -0.15) is 0 Å². The third-order valence-electron chi connectivity index (χ3n) is 3.57. The van der Waals surface area contributed by atoms with Gasteiger partial charge in [0.25, 0.3) is 5.91 Å². The van der Waals surface area contributed by atoms with E-state index in [1.54, 1.807) is 12.1 Å². The van der Waals surface area contributed by atoms with Crippen molar-refractivity contribution < 1.29 is 4.79 Å². The third-order valence-corrected chi connectivity index (χ3v) is 4.07. The minimum atomic E-state index is -0.0533. The van der Waals surface area contributed by atoms with Crippen LogP contribution in [0.25, 0.3) is 0 Å². The van der Waals surface area contributed by atoms with Gasteiger partial charge in [0, 0.05) is 19.6 Å². The normalized spacial score (nSPS) is 16.8. The van der Waals surface area contributed by atoms with Crippen LogP contribution in [0, 0.1) is 5.92 Å². The second kappa shape index (κ2) is 6.74. The summed E-state index contributed by atoms with van der Waals surface area (Å²) in [4.78, 5) is 20.4. The molecule has 6 heteroatoms. The Hall–Kier alpha value is -0.840. The highest BCUT2D eigenvalue weighted by Gasteiger charge is 2.25. The van der Waals surface area contributed by atoms with Gasteiger partial charge in [-0.05, 0) is 45.0 Å². The molecular formula is C14H19Cl2N3O. The number of halogens is 2. The number of aromatic nitrogens is 1. The molecule has 0 aromatic carbocycles. The highest BCUT2D eigenvalue weighted by atomic mass is 35.5. The molecule has 1 amide bonds. The molecule has 1 aliphatic rings. The zero-order valence-electron chi connectivity index (χ0n) is 11.8. The van der Waals surface area contributed by atoms with E-state index < -0.39 is 0 Å². The van der Waals surface area contributed by atoms with E-state index >= 15 is 0 Å². The number of pyridine rings is 1. The number of piperidine rings is 1. The first-order valence-electron chi connectivity index (χ1n) is 6.73. The molecule has 1 aromatic rings. The maximum absolute atomic E-state index is 12.4. The quantitative estimate of drug-likeness (QED) is 0.805. The van der Waals surface area contributed by atoms with Crippen LogP contribution in [-0.2, 0) is 0 Å². The molecule has 0 radical (unpaired) electrons. The highest BCUT2D eigenvalue weighted by molar-refractivity contribution is 6.34. The minimum Gasteiger partial charge on any atom is -0.339 e. The van der Waals surface area contributed by atoms with Crippen LogP contribution in [0.1, 0.15) is 23.2 Å². The van der Waals surface area contributed by atoms with Crippen LogP contribution >= 0.6 is 23.2 Å². The van der Waals surface area contributed by atoms with Gasteiger partial charge in [-0.1, -0.05) is 23.2 Å². The smallest absolute Gasteiger partial charge is 0.256 e. The van der Waals surface area contributed by atoms with E-state index in [2.05, 4.69) is 24.0 Å². The van der Waals surface area contributed by atoms with Crippen molar-refractivity contribution in [2.45, 2.75) is 12.8 Å². The Balaban J connectivity index is 1.98. The molecule has 0 atom stereocenters. The lowest BCUT2D eigenvalue weighted by atomic mass is 9.96. The summed E-state index contributed by atoms with van der Waals surface area (Å²) < 4.78 is 0. The maximum Gasteiger partial charge on any atom is 0.256 e. The van der Waals surface area contributed by atoms with Gasteiger partial charge >= 0.3 is 0 Å². The summed E-state index contributed by atoms with van der Waals surface area (Å²) in [5, 5.41) is 0.481. The lowest BCUT2D eigenvalue weighted by Gasteiger charge is -2.33. The Morgan fingerprint density at radius 3 is 2.55 bits per heavy atom. The average Bonchev–Trinajstić information content (AvgIpc) is 2.38. The summed E-state index contributed by atoms with van der Waals surface area (Å²) in [5.41, 5.74) is 0.433. The van der Waals surface area contributed by atoms with Crippen LogP contribution < -0.4 is 0 Å². The molecule has 4 nitrogen and oxygen atoms in total. The predicted octanol–water partition coefficient (Wildman–Crippen LogP) is 2.80. The summed E-state index contributed by atoms with van der Waals surface area (Å²) in [6.07, 6.45) is 2.06. The second-order valence-corrected chi connectivity index (χ2v) is 6.22. The molecule has 0 unspecified atom stereocenters. The fourth-order valence-electron chi connectivity index (χ4n) is 2.58. The summed E-state index contributed by atoms with van der Waals surface area (Å²) in [6, 6.07) is 3.24. The molecule has 0 bridgehead atoms. The van der Waals surface area contributed by atoms with Crippen molar-refractivity contribution in [2.24, 2.45) is 5.92 Å². The van der Waals surface area contributed by atoms with Crippen LogP contribution in [0.2, 0.25) is 10.3 Å². The first-order valence-corrected chi connectivity index (χ1v) is 7.49. The predicted molar refractivity (Wildman–Crippen MR) is 81.4 cm³/mol. The van der Waals surface area contributed by atoms with E-state index in [1.165, 1.54) is 0 Å². The van der Waals surface area contributed by atoms with Gasteiger partial charge in [0.05, 0.1) is 5.56 Å². The summed E-state index contributed by atoms with van der Waals surface area (Å²) in [6.45, 7) is 2.62. The van der Waals surface area contributed by atoms with Gasteiger partial charge in [0.2, 0.25) is 0 Å². The molecule has 2 rings (SSSR count). The van der Waals surface area contributed by atoms with E-state index in [9.17, 15) is 4.79 Å². The molecule has 0 saturated carbocycles. The molecule has 0 N–H and O–H groups in total. The van der Waals surface area contributed by atoms with Gasteiger partial charge in [0.1, 0.15) is 10.3 Å². The van der Waals surface area contributed by atoms with Gasteiger partial charge in [-0.25, -0.2) is 4.98 Å². The Kier molecular flexibility index (Phi) is 5.24. The molecule has 1 saturated heterocycles. The fourth-order valence-corrected chi connectivity index (χ4v) is 3.00. The van der Waals surface area contributed by atoms with Crippen LogP contribution in [-0.4, -0.2) is 54.4 Å². The zero-order chi connectivity index (χ0) is 14.7. The Morgan fingerprint density at radius 2 is 2.00 bits per heavy atom. The van der Waals surface area contributed by atoms with Crippen molar-refractivity contribution in [3.8, 4) is 0 Å². The van der Waals surface area contributed by atoms with Crippen LogP contribution in [0.4, 0.5) is 0 Å². The lowest BCUT2D eigenvalue weighted by molar-refractivity contribution is 0.0678. The van der Waals surface area contributed by atoms with Gasteiger partial charge in [-0.15, -0.1) is 0 Å². The minimum absolute atomic E-state index is 0.0533. The lowest BCUT2D eigenvalue weighted by Crippen LogP contribution is -2.40. The van der Waals surface area contributed by atoms with E-state index in [0.717, 1.165) is 32.5 Å². The Morgan fingerprint density at radius 1 is 1.35 bits per heavy atom. The first-order chi connectivity index (χ1) is 9.47. The van der Waals surface area contributed by atoms with Crippen molar-refractivity contribution in [1.29, 1.82) is 0 Å². The number of hydrogen-bond donors (Lipinski definition) is 0. The fraction of sp³-hybridized carbons (Fsp3) is 0.571. The van der Waals surface area contributed by atoms with Gasteiger partial charge in [0.15, 0.2) is 0 Å². The van der Waals surface area contributed by atoms with E-state index in [0.29, 0.717) is 16.6 Å². The van der Waals surface area contributed by atoms with E-state index in [-0.39, 0.29) is 11.1 Å². The van der Waals surface area contributed by atoms with Crippen molar-refractivity contribution >= 4 is 29.1 Å². The van der Waals surface area contributed by atoms with Crippen LogP contribution in [0.5, 0.6) is 0 Å². The van der Waals surface area contributed by atoms with Crippen molar-refractivity contribution in [1.82, 2.24) is 14.8 Å².